The van der Waals surface area contributed by atoms with Crippen LogP contribution in [0.15, 0.2) is 88.7 Å². The summed E-state index contributed by atoms with van der Waals surface area (Å²) in [4.78, 5) is 2.09. The van der Waals surface area contributed by atoms with Gasteiger partial charge in [-0.05, 0) is 63.1 Å². The molecule has 180 valence electrons. The predicted octanol–water partition coefficient (Wildman–Crippen LogP) is 4.35. The third-order valence-electron chi connectivity index (χ3n) is 6.14. The molecular formula is C26H30N2O4S2. The van der Waals surface area contributed by atoms with E-state index >= 15 is 0 Å². The highest BCUT2D eigenvalue weighted by Crippen LogP contribution is 2.31. The number of hydrogen-bond acceptors (Lipinski definition) is 5. The molecule has 3 aromatic rings. The topological polar surface area (TPSA) is 74.8 Å². The van der Waals surface area contributed by atoms with Crippen LogP contribution in [0.5, 0.6) is 0 Å². The van der Waals surface area contributed by atoms with E-state index in [0.717, 1.165) is 26.9 Å². The summed E-state index contributed by atoms with van der Waals surface area (Å²) in [7, 11) is -8.62. The summed E-state index contributed by atoms with van der Waals surface area (Å²) in [6, 6.07) is 21.9. The van der Waals surface area contributed by atoms with Crippen molar-refractivity contribution in [3.05, 3.63) is 95.6 Å². The third kappa shape index (κ3) is 5.25. The van der Waals surface area contributed by atoms with Crippen LogP contribution in [0, 0.1) is 13.8 Å². The fourth-order valence-electron chi connectivity index (χ4n) is 4.34. The number of sulfonamides is 2. The highest BCUT2D eigenvalue weighted by Gasteiger charge is 2.43. The van der Waals surface area contributed by atoms with Crippen LogP contribution in [-0.2, 0) is 26.6 Å². The van der Waals surface area contributed by atoms with Gasteiger partial charge >= 0.3 is 0 Å². The Hall–Kier alpha value is -2.52. The Morgan fingerprint density at radius 3 is 1.76 bits per heavy atom. The molecule has 1 aliphatic rings. The Kier molecular flexibility index (Phi) is 7.23. The summed E-state index contributed by atoms with van der Waals surface area (Å²) < 4.78 is 56.1. The molecule has 1 heterocycles. The van der Waals surface area contributed by atoms with Gasteiger partial charge in [-0.3, -0.25) is 4.90 Å². The number of rotatable bonds is 7. The Bertz CT molecular complexity index is 1250. The zero-order valence-corrected chi connectivity index (χ0v) is 21.1. The minimum Gasteiger partial charge on any atom is -0.297 e. The van der Waals surface area contributed by atoms with Gasteiger partial charge in [-0.2, -0.15) is 0 Å². The van der Waals surface area contributed by atoms with Crippen LogP contribution in [0.3, 0.4) is 0 Å². The molecule has 0 aromatic heterocycles. The highest BCUT2D eigenvalue weighted by atomic mass is 32.3. The molecule has 34 heavy (non-hydrogen) atoms. The Balaban J connectivity index is 1.74. The fraction of sp³-hybridized carbons (Fsp3) is 0.308. The van der Waals surface area contributed by atoms with Crippen LogP contribution in [0.4, 0.5) is 0 Å². The van der Waals surface area contributed by atoms with Gasteiger partial charge in [0.1, 0.15) is 0 Å². The van der Waals surface area contributed by atoms with Gasteiger partial charge in [-0.25, -0.2) is 16.8 Å². The zero-order valence-electron chi connectivity index (χ0n) is 19.5. The molecular weight excluding hydrogens is 468 g/mol. The van der Waals surface area contributed by atoms with E-state index in [-0.39, 0.29) is 9.79 Å². The minimum atomic E-state index is -4.31. The second-order valence-electron chi connectivity index (χ2n) is 8.88. The normalized spacial score (nSPS) is 17.7. The number of nitrogens with zero attached hydrogens (tertiary/aromatic N) is 2. The number of likely N-dealkylation sites (tertiary alicyclic amines) is 1. The number of hydrogen-bond donors (Lipinski definition) is 0. The number of benzene rings is 3. The molecule has 1 saturated heterocycles. The van der Waals surface area contributed by atoms with Gasteiger partial charge in [0, 0.05) is 13.1 Å². The van der Waals surface area contributed by atoms with Gasteiger partial charge in [0.15, 0.2) is 0 Å². The van der Waals surface area contributed by atoms with E-state index in [1.165, 1.54) is 24.3 Å². The summed E-state index contributed by atoms with van der Waals surface area (Å²) in [5, 5.41) is 0. The monoisotopic (exact) mass is 498 g/mol. The van der Waals surface area contributed by atoms with Gasteiger partial charge < -0.3 is 0 Å². The van der Waals surface area contributed by atoms with Crippen molar-refractivity contribution in [2.24, 2.45) is 0 Å². The number of piperidine rings is 1. The smallest absolute Gasteiger partial charge is 0.256 e. The standard InChI is InChI=1S/C26H30N2O4S2/c1-21-10-14-25(15-11-21)33(29,30)28(34(31,32)26-16-12-22(2)13-17-26)24-9-6-18-27(20-24)19-23-7-4-3-5-8-23/h3-5,7-8,10-17,24H,6,9,18-20H2,1-2H3/t24-/m1/s1. The molecule has 0 saturated carbocycles. The second-order valence-corrected chi connectivity index (χ2v) is 12.7. The van der Waals surface area contributed by atoms with E-state index in [1.54, 1.807) is 24.3 Å². The molecule has 0 bridgehead atoms. The molecule has 0 amide bonds. The average molecular weight is 499 g/mol. The molecule has 1 aliphatic heterocycles. The molecule has 8 heteroatoms. The predicted molar refractivity (Wildman–Crippen MR) is 133 cm³/mol. The van der Waals surface area contributed by atoms with Crippen LogP contribution in [-0.4, -0.2) is 44.6 Å². The van der Waals surface area contributed by atoms with Gasteiger partial charge in [0.2, 0.25) is 0 Å². The van der Waals surface area contributed by atoms with Gasteiger partial charge in [-0.1, -0.05) is 69.4 Å². The van der Waals surface area contributed by atoms with E-state index in [0.29, 0.717) is 25.9 Å². The van der Waals surface area contributed by atoms with E-state index in [2.05, 4.69) is 4.90 Å². The Labute approximate surface area is 203 Å². The summed E-state index contributed by atoms with van der Waals surface area (Å²) >= 11 is 0. The van der Waals surface area contributed by atoms with Crippen molar-refractivity contribution < 1.29 is 16.8 Å². The molecule has 1 fully saturated rings. The summed E-state index contributed by atoms with van der Waals surface area (Å²) in [5.41, 5.74) is 2.91. The lowest BCUT2D eigenvalue weighted by molar-refractivity contribution is 0.170. The lowest BCUT2D eigenvalue weighted by atomic mass is 10.1. The van der Waals surface area contributed by atoms with Crippen molar-refractivity contribution >= 4 is 20.0 Å². The average Bonchev–Trinajstić information content (AvgIpc) is 2.80. The molecule has 0 spiro atoms. The molecule has 6 nitrogen and oxygen atoms in total. The molecule has 1 atom stereocenters. The first-order valence-electron chi connectivity index (χ1n) is 11.4. The number of aryl methyl sites for hydroxylation is 2. The van der Waals surface area contributed by atoms with Crippen LogP contribution in [0.25, 0.3) is 0 Å². The lowest BCUT2D eigenvalue weighted by Crippen LogP contribution is -2.52. The zero-order chi connectivity index (χ0) is 24.3. The summed E-state index contributed by atoms with van der Waals surface area (Å²) in [5.74, 6) is 0. The molecule has 4 rings (SSSR count). The van der Waals surface area contributed by atoms with Crippen molar-refractivity contribution in [3.8, 4) is 0 Å². The highest BCUT2D eigenvalue weighted by molar-refractivity contribution is 8.04. The van der Waals surface area contributed by atoms with E-state index in [1.807, 2.05) is 44.2 Å². The summed E-state index contributed by atoms with van der Waals surface area (Å²) in [6.07, 6.45) is 1.18. The van der Waals surface area contributed by atoms with Crippen LogP contribution in [0.2, 0.25) is 0 Å². The SMILES string of the molecule is Cc1ccc(S(=O)(=O)N([C@@H]2CCCN(Cc3ccccc3)C2)S(=O)(=O)c2ccc(C)cc2)cc1. The Morgan fingerprint density at radius 2 is 1.26 bits per heavy atom. The van der Waals surface area contributed by atoms with Gasteiger partial charge in [0.05, 0.1) is 15.8 Å². The van der Waals surface area contributed by atoms with Crippen molar-refractivity contribution in [1.29, 1.82) is 0 Å². The first-order valence-corrected chi connectivity index (χ1v) is 14.3. The van der Waals surface area contributed by atoms with E-state index in [9.17, 15) is 16.8 Å². The van der Waals surface area contributed by atoms with Crippen molar-refractivity contribution in [3.63, 3.8) is 0 Å². The third-order valence-corrected chi connectivity index (χ3v) is 10.6. The molecule has 0 radical (unpaired) electrons. The van der Waals surface area contributed by atoms with Crippen molar-refractivity contribution in [2.45, 2.75) is 49.1 Å². The van der Waals surface area contributed by atoms with Crippen LogP contribution in [0.1, 0.15) is 29.5 Å². The minimum absolute atomic E-state index is 0.0195. The fourth-order valence-corrected chi connectivity index (χ4v) is 8.39. The molecule has 0 aliphatic carbocycles. The molecule has 0 unspecified atom stereocenters. The van der Waals surface area contributed by atoms with Crippen molar-refractivity contribution in [1.82, 2.24) is 8.61 Å². The maximum atomic E-state index is 13.8. The van der Waals surface area contributed by atoms with Crippen LogP contribution >= 0.6 is 0 Å². The quantitative estimate of drug-likeness (QED) is 0.484. The second kappa shape index (κ2) is 10.00. The lowest BCUT2D eigenvalue weighted by Gasteiger charge is -2.38. The van der Waals surface area contributed by atoms with Crippen molar-refractivity contribution in [2.75, 3.05) is 13.1 Å². The van der Waals surface area contributed by atoms with E-state index < -0.39 is 26.1 Å². The molecule has 3 aromatic carbocycles. The maximum absolute atomic E-state index is 13.8. The Morgan fingerprint density at radius 1 is 0.765 bits per heavy atom. The van der Waals surface area contributed by atoms with Gasteiger partial charge in [-0.15, -0.1) is 0 Å². The molecule has 0 N–H and O–H groups in total. The first-order chi connectivity index (χ1) is 16.2. The largest absolute Gasteiger partial charge is 0.297 e. The van der Waals surface area contributed by atoms with Crippen LogP contribution < -0.4 is 0 Å². The summed E-state index contributed by atoms with van der Waals surface area (Å²) in [6.45, 7) is 5.49. The maximum Gasteiger partial charge on any atom is 0.256 e. The van der Waals surface area contributed by atoms with E-state index in [4.69, 9.17) is 0 Å². The van der Waals surface area contributed by atoms with Gasteiger partial charge in [0.25, 0.3) is 20.0 Å². The first kappa shape index (κ1) is 24.6.